The lowest BCUT2D eigenvalue weighted by atomic mass is 9.96. The third kappa shape index (κ3) is 7.41. The fourth-order valence-corrected chi connectivity index (χ4v) is 3.94. The Morgan fingerprint density at radius 3 is 2.73 bits per heavy atom. The minimum atomic E-state index is -2.92. The van der Waals surface area contributed by atoms with E-state index >= 15 is 0 Å². The summed E-state index contributed by atoms with van der Waals surface area (Å²) < 4.78 is 47.5. The highest BCUT2D eigenvalue weighted by molar-refractivity contribution is 8.26. The minimum absolute atomic E-state index is 0. The molecule has 3 heterocycles. The van der Waals surface area contributed by atoms with Gasteiger partial charge in [-0.25, -0.2) is 13.3 Å². The van der Waals surface area contributed by atoms with Crippen LogP contribution in [0.3, 0.4) is 0 Å². The Balaban J connectivity index is 0.00000192. The number of methoxy groups -OCH3 is 1. The maximum Gasteiger partial charge on any atom is 0.280 e. The minimum Gasteiger partial charge on any atom is -0.494 e. The van der Waals surface area contributed by atoms with Crippen molar-refractivity contribution in [1.82, 2.24) is 14.9 Å². The standard InChI is InChI=1S/C25H21F3N6O3S.C2H6.H2/c1-37-18-12-31-17(23(27)28)9-15(18)14-10-21(34-19(26)3-2-4-22(34)35)32-11-16(14)24(36)33-25(30)38-20(29)8-7-13-5-6-13;1-2;/h2-4,9-10,12-13,23,29,32H,5-6,11H2,1H3,(H2,30,33,36);1-2H3;1H. The predicted molar refractivity (Wildman–Crippen MR) is 152 cm³/mol. The number of hydrogen-bond donors (Lipinski definition) is 3. The third-order valence-electron chi connectivity index (χ3n) is 5.47. The number of allylic oxidation sites excluding steroid dienone is 2. The lowest BCUT2D eigenvalue weighted by Gasteiger charge is -2.23. The van der Waals surface area contributed by atoms with E-state index in [4.69, 9.17) is 15.9 Å². The SMILES string of the molecule is CC.COc1cnc(C(F)F)cc1C1=C(C(=O)N=C(N)SC(=N)C#CC2CC2)CNC(n2c(F)cccc2=O)=C1.[HH]. The summed E-state index contributed by atoms with van der Waals surface area (Å²) in [6, 6.07) is 4.49. The van der Waals surface area contributed by atoms with E-state index in [1.807, 2.05) is 13.8 Å². The van der Waals surface area contributed by atoms with Gasteiger partial charge in [0.05, 0.1) is 13.3 Å². The fraction of sp³-hybridized carbons (Fsp3) is 0.296. The smallest absolute Gasteiger partial charge is 0.280 e. The number of carbonyl (C=O) groups excluding carboxylic acids is 1. The number of pyridine rings is 2. The molecule has 0 bridgehead atoms. The van der Waals surface area contributed by atoms with Crippen LogP contribution in [0.4, 0.5) is 13.2 Å². The van der Waals surface area contributed by atoms with E-state index in [2.05, 4.69) is 27.1 Å². The summed E-state index contributed by atoms with van der Waals surface area (Å²) in [5, 5.41) is 10.4. The van der Waals surface area contributed by atoms with E-state index in [9.17, 15) is 22.8 Å². The number of rotatable bonds is 5. The normalized spacial score (nSPS) is 14.8. The average molecular weight is 575 g/mol. The number of halogens is 3. The molecule has 0 saturated heterocycles. The fourth-order valence-electron chi connectivity index (χ4n) is 3.49. The molecule has 1 saturated carbocycles. The molecule has 0 radical (unpaired) electrons. The van der Waals surface area contributed by atoms with Gasteiger partial charge in [-0.2, -0.15) is 9.38 Å². The molecule has 9 nitrogen and oxygen atoms in total. The number of nitrogens with zero attached hydrogens (tertiary/aromatic N) is 3. The number of aliphatic imine (C=N–C) groups is 1. The number of aromatic nitrogens is 2. The van der Waals surface area contributed by atoms with Crippen LogP contribution < -0.4 is 21.3 Å². The Morgan fingerprint density at radius 1 is 1.38 bits per heavy atom. The van der Waals surface area contributed by atoms with Crippen molar-refractivity contribution in [2.45, 2.75) is 33.1 Å². The molecule has 2 aromatic heterocycles. The Hall–Kier alpha value is -4.31. The Bertz CT molecular complexity index is 1520. The number of dihydropyridines is 1. The molecule has 0 unspecified atom stereocenters. The first-order valence-electron chi connectivity index (χ1n) is 12.2. The van der Waals surface area contributed by atoms with Crippen molar-refractivity contribution in [3.8, 4) is 17.6 Å². The number of amides is 1. The van der Waals surface area contributed by atoms with Crippen LogP contribution >= 0.6 is 11.8 Å². The second-order valence-corrected chi connectivity index (χ2v) is 9.17. The van der Waals surface area contributed by atoms with E-state index in [0.29, 0.717) is 11.8 Å². The molecule has 0 spiro atoms. The van der Waals surface area contributed by atoms with Gasteiger partial charge in [0.1, 0.15) is 22.3 Å². The molecule has 2 aromatic rings. The lowest BCUT2D eigenvalue weighted by Crippen LogP contribution is -2.33. The third-order valence-corrected chi connectivity index (χ3v) is 6.07. The average Bonchev–Trinajstić information content (AvgIpc) is 3.77. The van der Waals surface area contributed by atoms with Gasteiger partial charge in [0.15, 0.2) is 5.17 Å². The molecule has 4 N–H and O–H groups in total. The van der Waals surface area contributed by atoms with Gasteiger partial charge in [0, 0.05) is 31.1 Å². The van der Waals surface area contributed by atoms with Crippen molar-refractivity contribution in [3.63, 3.8) is 0 Å². The van der Waals surface area contributed by atoms with Crippen LogP contribution in [-0.2, 0) is 4.79 Å². The van der Waals surface area contributed by atoms with Crippen molar-refractivity contribution in [2.24, 2.45) is 16.6 Å². The molecule has 1 aliphatic heterocycles. The maximum absolute atomic E-state index is 14.5. The van der Waals surface area contributed by atoms with Crippen LogP contribution in [0.15, 0.2) is 51.9 Å². The number of thioether (sulfide) groups is 1. The summed E-state index contributed by atoms with van der Waals surface area (Å²) >= 11 is 0.703. The lowest BCUT2D eigenvalue weighted by molar-refractivity contribution is -0.114. The highest BCUT2D eigenvalue weighted by atomic mass is 32.2. The van der Waals surface area contributed by atoms with Crippen LogP contribution in [0.2, 0.25) is 0 Å². The van der Waals surface area contributed by atoms with Crippen LogP contribution in [0.25, 0.3) is 11.4 Å². The monoisotopic (exact) mass is 574 g/mol. The first-order chi connectivity index (χ1) is 19.2. The summed E-state index contributed by atoms with van der Waals surface area (Å²) in [5.74, 6) is 4.12. The van der Waals surface area contributed by atoms with E-state index in [-0.39, 0.29) is 52.4 Å². The van der Waals surface area contributed by atoms with E-state index in [1.165, 1.54) is 19.3 Å². The zero-order valence-corrected chi connectivity index (χ0v) is 22.7. The van der Waals surface area contributed by atoms with Crippen LogP contribution in [0, 0.1) is 29.1 Å². The number of carbonyl (C=O) groups is 1. The van der Waals surface area contributed by atoms with Crippen LogP contribution in [0.1, 0.15) is 45.8 Å². The first-order valence-corrected chi connectivity index (χ1v) is 13.0. The molecule has 1 amide bonds. The molecular weight excluding hydrogens is 545 g/mol. The van der Waals surface area contributed by atoms with Gasteiger partial charge >= 0.3 is 0 Å². The Morgan fingerprint density at radius 2 is 2.10 bits per heavy atom. The summed E-state index contributed by atoms with van der Waals surface area (Å²) in [4.78, 5) is 33.1. The predicted octanol–water partition coefficient (Wildman–Crippen LogP) is 4.42. The Labute approximate surface area is 234 Å². The highest BCUT2D eigenvalue weighted by Crippen LogP contribution is 2.34. The van der Waals surface area contributed by atoms with E-state index < -0.39 is 29.5 Å². The van der Waals surface area contributed by atoms with Crippen molar-refractivity contribution >= 4 is 39.3 Å². The Kier molecular flexibility index (Phi) is 10.3. The zero-order chi connectivity index (χ0) is 29.4. The summed E-state index contributed by atoms with van der Waals surface area (Å²) in [6.07, 6.45) is 1.38. The van der Waals surface area contributed by atoms with Gasteiger partial charge in [0.2, 0.25) is 5.95 Å². The molecule has 212 valence electrons. The van der Waals surface area contributed by atoms with Crippen LogP contribution in [0.5, 0.6) is 5.75 Å². The second-order valence-electron chi connectivity index (χ2n) is 8.14. The van der Waals surface area contributed by atoms with Gasteiger partial charge in [0.25, 0.3) is 17.9 Å². The molecule has 1 fully saturated rings. The zero-order valence-electron chi connectivity index (χ0n) is 21.9. The molecule has 13 heteroatoms. The van der Waals surface area contributed by atoms with Gasteiger partial charge in [-0.1, -0.05) is 25.8 Å². The van der Waals surface area contributed by atoms with Crippen LogP contribution in [-0.4, -0.2) is 39.3 Å². The molecule has 0 aromatic carbocycles. The molecule has 1 aliphatic carbocycles. The largest absolute Gasteiger partial charge is 0.494 e. The number of amidine groups is 1. The molecule has 4 rings (SSSR count). The summed E-state index contributed by atoms with van der Waals surface area (Å²) in [7, 11) is 1.29. The van der Waals surface area contributed by atoms with Crippen molar-refractivity contribution in [3.05, 3.63) is 69.7 Å². The van der Waals surface area contributed by atoms with E-state index in [1.54, 1.807) is 0 Å². The van der Waals surface area contributed by atoms with Crippen molar-refractivity contribution < 1.29 is 24.1 Å². The topological polar surface area (TPSA) is 135 Å². The highest BCUT2D eigenvalue weighted by Gasteiger charge is 2.26. The summed E-state index contributed by atoms with van der Waals surface area (Å²) in [6.45, 7) is 3.75. The van der Waals surface area contributed by atoms with Crippen molar-refractivity contribution in [2.75, 3.05) is 13.7 Å². The number of hydrogen-bond acceptors (Lipinski definition) is 7. The van der Waals surface area contributed by atoms with Gasteiger partial charge in [-0.15, -0.1) is 0 Å². The second kappa shape index (κ2) is 13.7. The van der Waals surface area contributed by atoms with Gasteiger partial charge in [-0.3, -0.25) is 20.0 Å². The first kappa shape index (κ1) is 30.2. The number of nitrogens with one attached hydrogen (secondary N) is 2. The molecule has 40 heavy (non-hydrogen) atoms. The molecular formula is C27H29F3N6O3S. The van der Waals surface area contributed by atoms with Gasteiger partial charge in [-0.05, 0) is 54.3 Å². The number of ether oxygens (including phenoxy) is 1. The quantitative estimate of drug-likeness (QED) is 0.208. The molecule has 0 atom stereocenters. The maximum atomic E-state index is 14.5. The van der Waals surface area contributed by atoms with Crippen molar-refractivity contribution in [1.29, 1.82) is 5.41 Å². The van der Waals surface area contributed by atoms with E-state index in [0.717, 1.165) is 41.8 Å². The number of alkyl halides is 2. The number of nitrogens with two attached hydrogens (primary N) is 1. The van der Waals surface area contributed by atoms with Gasteiger partial charge < -0.3 is 15.8 Å². The molecule has 2 aliphatic rings. The summed E-state index contributed by atoms with van der Waals surface area (Å²) in [5.41, 5.74) is 4.65.